The molecule has 0 saturated carbocycles. The molecule has 4 nitrogen and oxygen atoms in total. The van der Waals surface area contributed by atoms with Crippen LogP contribution >= 0.6 is 11.3 Å². The molecular weight excluding hydrogens is 222 g/mol. The minimum Gasteiger partial charge on any atom is -0.496 e. The molecule has 86 valence electrons. The Morgan fingerprint density at radius 3 is 2.94 bits per heavy atom. The summed E-state index contributed by atoms with van der Waals surface area (Å²) in [7, 11) is 5.61. The fourth-order valence-corrected chi connectivity index (χ4v) is 2.69. The first-order chi connectivity index (χ1) is 7.77. The first-order valence-electron chi connectivity index (χ1n) is 5.03. The maximum Gasteiger partial charge on any atom is 0.134 e. The highest BCUT2D eigenvalue weighted by Gasteiger charge is 2.21. The number of hydrogen-bond donors (Lipinski definition) is 1. The van der Waals surface area contributed by atoms with Crippen molar-refractivity contribution in [3.63, 3.8) is 0 Å². The van der Waals surface area contributed by atoms with Gasteiger partial charge in [0.05, 0.1) is 12.0 Å². The van der Waals surface area contributed by atoms with E-state index < -0.39 is 0 Å². The third-order valence-electron chi connectivity index (χ3n) is 2.54. The van der Waals surface area contributed by atoms with Crippen LogP contribution in [0.25, 0.3) is 0 Å². The Kier molecular flexibility index (Phi) is 3.26. The average Bonchev–Trinajstić information content (AvgIpc) is 2.90. The fraction of sp³-hybridized carbons (Fsp3) is 0.364. The van der Waals surface area contributed by atoms with Crippen molar-refractivity contribution >= 4 is 11.3 Å². The molecule has 2 aromatic heterocycles. The molecule has 0 spiro atoms. The molecular formula is C11H15N3OS. The molecule has 0 aliphatic heterocycles. The van der Waals surface area contributed by atoms with Crippen LogP contribution in [-0.2, 0) is 7.05 Å². The van der Waals surface area contributed by atoms with E-state index in [2.05, 4.69) is 10.3 Å². The van der Waals surface area contributed by atoms with Crippen molar-refractivity contribution in [1.82, 2.24) is 14.9 Å². The fourth-order valence-electron chi connectivity index (χ4n) is 1.72. The number of thiophene rings is 1. The van der Waals surface area contributed by atoms with Crippen LogP contribution in [0, 0.1) is 0 Å². The van der Waals surface area contributed by atoms with Gasteiger partial charge < -0.3 is 14.6 Å². The van der Waals surface area contributed by atoms with Crippen LogP contribution in [0.3, 0.4) is 0 Å². The Morgan fingerprint density at radius 2 is 2.38 bits per heavy atom. The summed E-state index contributed by atoms with van der Waals surface area (Å²) in [4.78, 5) is 5.52. The SMILES string of the molecule is CNC(c1sccc1OC)c1nccn1C. The lowest BCUT2D eigenvalue weighted by molar-refractivity contribution is 0.407. The molecule has 2 aromatic rings. The molecule has 0 bridgehead atoms. The molecule has 1 N–H and O–H groups in total. The van der Waals surface area contributed by atoms with Crippen molar-refractivity contribution in [2.75, 3.05) is 14.2 Å². The summed E-state index contributed by atoms with van der Waals surface area (Å²) < 4.78 is 7.35. The second-order valence-electron chi connectivity index (χ2n) is 3.47. The molecule has 16 heavy (non-hydrogen) atoms. The van der Waals surface area contributed by atoms with Crippen LogP contribution in [0.4, 0.5) is 0 Å². The van der Waals surface area contributed by atoms with Crippen LogP contribution in [0.5, 0.6) is 5.75 Å². The van der Waals surface area contributed by atoms with Gasteiger partial charge >= 0.3 is 0 Å². The van der Waals surface area contributed by atoms with Gasteiger partial charge in [-0.2, -0.15) is 0 Å². The summed E-state index contributed by atoms with van der Waals surface area (Å²) in [5.74, 6) is 1.90. The van der Waals surface area contributed by atoms with Gasteiger partial charge in [0.25, 0.3) is 0 Å². The Morgan fingerprint density at radius 1 is 1.56 bits per heavy atom. The van der Waals surface area contributed by atoms with Crippen LogP contribution < -0.4 is 10.1 Å². The third-order valence-corrected chi connectivity index (χ3v) is 3.51. The number of methoxy groups -OCH3 is 1. The predicted octanol–water partition coefficient (Wildman–Crippen LogP) is 1.80. The molecule has 2 rings (SSSR count). The maximum absolute atomic E-state index is 5.34. The number of aromatic nitrogens is 2. The van der Waals surface area contributed by atoms with E-state index in [1.807, 2.05) is 36.3 Å². The highest BCUT2D eigenvalue weighted by molar-refractivity contribution is 7.10. The average molecular weight is 237 g/mol. The van der Waals surface area contributed by atoms with E-state index in [-0.39, 0.29) is 6.04 Å². The number of imidazole rings is 1. The Balaban J connectivity index is 2.40. The van der Waals surface area contributed by atoms with Crippen LogP contribution in [0.2, 0.25) is 0 Å². The van der Waals surface area contributed by atoms with E-state index in [1.165, 1.54) is 0 Å². The molecule has 0 saturated heterocycles. The third kappa shape index (κ3) is 1.83. The Bertz CT molecular complexity index is 463. The van der Waals surface area contributed by atoms with Crippen LogP contribution in [-0.4, -0.2) is 23.7 Å². The zero-order chi connectivity index (χ0) is 11.5. The van der Waals surface area contributed by atoms with Gasteiger partial charge in [-0.3, -0.25) is 0 Å². The Labute approximate surface area is 98.9 Å². The van der Waals surface area contributed by atoms with E-state index in [0.717, 1.165) is 16.5 Å². The molecule has 0 aromatic carbocycles. The first-order valence-corrected chi connectivity index (χ1v) is 5.91. The lowest BCUT2D eigenvalue weighted by Crippen LogP contribution is -2.20. The molecule has 1 atom stereocenters. The number of rotatable bonds is 4. The first kappa shape index (κ1) is 11.2. The van der Waals surface area contributed by atoms with Crippen molar-refractivity contribution in [2.45, 2.75) is 6.04 Å². The van der Waals surface area contributed by atoms with Crippen LogP contribution in [0.1, 0.15) is 16.7 Å². The summed E-state index contributed by atoms with van der Waals surface area (Å²) in [5.41, 5.74) is 0. The molecule has 1 unspecified atom stereocenters. The van der Waals surface area contributed by atoms with Crippen molar-refractivity contribution < 1.29 is 4.74 Å². The number of hydrogen-bond acceptors (Lipinski definition) is 4. The van der Waals surface area contributed by atoms with E-state index in [1.54, 1.807) is 24.6 Å². The molecule has 5 heteroatoms. The van der Waals surface area contributed by atoms with Crippen molar-refractivity contribution in [3.8, 4) is 5.75 Å². The predicted molar refractivity (Wildman–Crippen MR) is 65.0 cm³/mol. The second-order valence-corrected chi connectivity index (χ2v) is 4.42. The van der Waals surface area contributed by atoms with Crippen molar-refractivity contribution in [3.05, 3.63) is 34.5 Å². The zero-order valence-electron chi connectivity index (χ0n) is 9.60. The second kappa shape index (κ2) is 4.67. The number of ether oxygens (including phenoxy) is 1. The Hall–Kier alpha value is -1.33. The van der Waals surface area contributed by atoms with Gasteiger partial charge in [0.2, 0.25) is 0 Å². The quantitative estimate of drug-likeness (QED) is 0.881. The highest BCUT2D eigenvalue weighted by atomic mass is 32.1. The summed E-state index contributed by atoms with van der Waals surface area (Å²) in [6.07, 6.45) is 3.75. The standard InChI is InChI=1S/C11H15N3OS/c1-12-9(11-13-5-6-14(11)2)10-8(15-3)4-7-16-10/h4-7,9,12H,1-3H3. The lowest BCUT2D eigenvalue weighted by Gasteiger charge is -2.15. The summed E-state index contributed by atoms with van der Waals surface area (Å²) in [6.45, 7) is 0. The topological polar surface area (TPSA) is 39.1 Å². The zero-order valence-corrected chi connectivity index (χ0v) is 10.4. The van der Waals surface area contributed by atoms with Crippen molar-refractivity contribution in [2.24, 2.45) is 7.05 Å². The van der Waals surface area contributed by atoms with Gasteiger partial charge in [0, 0.05) is 19.4 Å². The summed E-state index contributed by atoms with van der Waals surface area (Å²) >= 11 is 1.67. The maximum atomic E-state index is 5.34. The van der Waals surface area contributed by atoms with Crippen molar-refractivity contribution in [1.29, 1.82) is 0 Å². The normalized spacial score (nSPS) is 12.7. The summed E-state index contributed by atoms with van der Waals surface area (Å²) in [5, 5.41) is 5.30. The molecule has 0 aliphatic rings. The van der Waals surface area contributed by atoms with E-state index in [9.17, 15) is 0 Å². The molecule has 0 radical (unpaired) electrons. The molecule has 0 aliphatic carbocycles. The molecule has 2 heterocycles. The van der Waals surface area contributed by atoms with Gasteiger partial charge in [-0.25, -0.2) is 4.98 Å². The number of nitrogens with zero attached hydrogens (tertiary/aromatic N) is 2. The van der Waals surface area contributed by atoms with E-state index in [0.29, 0.717) is 0 Å². The largest absolute Gasteiger partial charge is 0.496 e. The number of nitrogens with one attached hydrogen (secondary N) is 1. The monoisotopic (exact) mass is 237 g/mol. The highest BCUT2D eigenvalue weighted by Crippen LogP contribution is 2.33. The molecule has 0 amide bonds. The van der Waals surface area contributed by atoms with Gasteiger partial charge in [-0.15, -0.1) is 11.3 Å². The summed E-state index contributed by atoms with van der Waals surface area (Å²) in [6, 6.07) is 2.06. The van der Waals surface area contributed by atoms with E-state index in [4.69, 9.17) is 4.74 Å². The van der Waals surface area contributed by atoms with Gasteiger partial charge in [-0.05, 0) is 18.5 Å². The van der Waals surface area contributed by atoms with Gasteiger partial charge in [-0.1, -0.05) is 0 Å². The van der Waals surface area contributed by atoms with Gasteiger partial charge in [0.15, 0.2) is 0 Å². The number of aryl methyl sites for hydroxylation is 1. The lowest BCUT2D eigenvalue weighted by atomic mass is 10.2. The minimum atomic E-state index is 0.0787. The van der Waals surface area contributed by atoms with Gasteiger partial charge in [0.1, 0.15) is 17.6 Å². The van der Waals surface area contributed by atoms with E-state index >= 15 is 0 Å². The smallest absolute Gasteiger partial charge is 0.134 e. The minimum absolute atomic E-state index is 0.0787. The molecule has 0 fully saturated rings. The van der Waals surface area contributed by atoms with Crippen LogP contribution in [0.15, 0.2) is 23.8 Å².